The van der Waals surface area contributed by atoms with Crippen molar-refractivity contribution < 1.29 is 9.53 Å². The largest absolute Gasteiger partial charge is 0.466 e. The third-order valence-electron chi connectivity index (χ3n) is 1.28. The molecule has 0 aliphatic carbocycles. The first-order valence-electron chi connectivity index (χ1n) is 3.50. The number of nitrogens with zero attached hydrogens (tertiary/aromatic N) is 1. The maximum absolute atomic E-state index is 10.6. The number of pyridine rings is 1. The second kappa shape index (κ2) is 4.28. The van der Waals surface area contributed by atoms with Gasteiger partial charge >= 0.3 is 5.97 Å². The third-order valence-corrected chi connectivity index (χ3v) is 1.28. The average Bonchev–Trinajstić information content (AvgIpc) is 2.16. The number of ether oxygens (including phenoxy) is 1. The molecule has 1 heterocycles. The van der Waals surface area contributed by atoms with Gasteiger partial charge in [-0.05, 0) is 18.2 Å². The van der Waals surface area contributed by atoms with Crippen LogP contribution in [0.5, 0.6) is 0 Å². The van der Waals surface area contributed by atoms with Crippen LogP contribution >= 0.6 is 0 Å². The van der Waals surface area contributed by atoms with Crippen molar-refractivity contribution in [3.8, 4) is 0 Å². The Labute approximate surface area is 70.7 Å². The molecule has 0 radical (unpaired) electrons. The number of esters is 1. The molecule has 0 unspecified atom stereocenters. The summed E-state index contributed by atoms with van der Waals surface area (Å²) in [6, 6.07) is 5.47. The lowest BCUT2D eigenvalue weighted by Gasteiger charge is -1.90. The Kier molecular flexibility index (Phi) is 3.02. The first-order valence-corrected chi connectivity index (χ1v) is 3.50. The topological polar surface area (TPSA) is 39.2 Å². The molecule has 0 saturated carbocycles. The van der Waals surface area contributed by atoms with E-state index in [1.54, 1.807) is 18.3 Å². The number of methoxy groups -OCH3 is 1. The Morgan fingerprint density at radius 2 is 2.42 bits per heavy atom. The molecule has 0 aromatic carbocycles. The lowest BCUT2D eigenvalue weighted by Crippen LogP contribution is -1.93. The molecule has 1 rings (SSSR count). The normalized spacial score (nSPS) is 10.1. The van der Waals surface area contributed by atoms with Gasteiger partial charge in [-0.3, -0.25) is 4.98 Å². The summed E-state index contributed by atoms with van der Waals surface area (Å²) in [5, 5.41) is 0. The van der Waals surface area contributed by atoms with Crippen molar-refractivity contribution in [3.63, 3.8) is 0 Å². The summed E-state index contributed by atoms with van der Waals surface area (Å²) in [6.45, 7) is 0. The molecule has 1 aromatic heterocycles. The minimum atomic E-state index is -0.374. The van der Waals surface area contributed by atoms with E-state index >= 15 is 0 Å². The molecule has 0 aliphatic heterocycles. The number of carbonyl (C=O) groups excluding carboxylic acids is 1. The van der Waals surface area contributed by atoms with Crippen LogP contribution in [0.1, 0.15) is 5.69 Å². The molecule has 0 fully saturated rings. The van der Waals surface area contributed by atoms with Gasteiger partial charge in [0.1, 0.15) is 0 Å². The van der Waals surface area contributed by atoms with Gasteiger partial charge in [0.25, 0.3) is 0 Å². The molecule has 0 atom stereocenters. The van der Waals surface area contributed by atoms with Crippen LogP contribution in [0.25, 0.3) is 6.08 Å². The molecule has 0 aliphatic rings. The average molecular weight is 163 g/mol. The molecule has 3 nitrogen and oxygen atoms in total. The predicted octanol–water partition coefficient (Wildman–Crippen LogP) is 1.27. The minimum Gasteiger partial charge on any atom is -0.466 e. The lowest BCUT2D eigenvalue weighted by molar-refractivity contribution is -0.134. The van der Waals surface area contributed by atoms with Crippen LogP contribution in [0, 0.1) is 0 Å². The molecule has 0 amide bonds. The van der Waals surface area contributed by atoms with Crippen LogP contribution < -0.4 is 0 Å². The molecule has 12 heavy (non-hydrogen) atoms. The van der Waals surface area contributed by atoms with Gasteiger partial charge in [0.15, 0.2) is 0 Å². The number of hydrogen-bond donors (Lipinski definition) is 0. The van der Waals surface area contributed by atoms with Crippen molar-refractivity contribution in [3.05, 3.63) is 36.2 Å². The zero-order chi connectivity index (χ0) is 8.81. The van der Waals surface area contributed by atoms with E-state index in [9.17, 15) is 4.79 Å². The molecule has 3 heteroatoms. The van der Waals surface area contributed by atoms with Crippen molar-refractivity contribution in [2.24, 2.45) is 0 Å². The van der Waals surface area contributed by atoms with Gasteiger partial charge in [-0.25, -0.2) is 4.79 Å². The van der Waals surface area contributed by atoms with Crippen molar-refractivity contribution >= 4 is 12.0 Å². The van der Waals surface area contributed by atoms with E-state index in [4.69, 9.17) is 0 Å². The Morgan fingerprint density at radius 1 is 1.58 bits per heavy atom. The summed E-state index contributed by atoms with van der Waals surface area (Å²) in [7, 11) is 1.34. The van der Waals surface area contributed by atoms with E-state index in [1.165, 1.54) is 13.2 Å². The van der Waals surface area contributed by atoms with E-state index in [2.05, 4.69) is 9.72 Å². The highest BCUT2D eigenvalue weighted by Crippen LogP contribution is 1.95. The first kappa shape index (κ1) is 8.46. The fourth-order valence-corrected chi connectivity index (χ4v) is 0.696. The molecular formula is C9H9NO2. The second-order valence-electron chi connectivity index (χ2n) is 2.11. The number of carbonyl (C=O) groups is 1. The molecule has 0 saturated heterocycles. The van der Waals surface area contributed by atoms with Crippen LogP contribution in [-0.2, 0) is 9.53 Å². The van der Waals surface area contributed by atoms with Gasteiger partial charge in [-0.2, -0.15) is 0 Å². The molecule has 0 N–H and O–H groups in total. The Morgan fingerprint density at radius 3 is 3.00 bits per heavy atom. The number of hydrogen-bond acceptors (Lipinski definition) is 3. The van der Waals surface area contributed by atoms with Gasteiger partial charge in [0.05, 0.1) is 12.8 Å². The Balaban J connectivity index is 2.64. The van der Waals surface area contributed by atoms with Crippen LogP contribution in [0.3, 0.4) is 0 Å². The lowest BCUT2D eigenvalue weighted by atomic mass is 10.3. The smallest absolute Gasteiger partial charge is 0.330 e. The summed E-state index contributed by atoms with van der Waals surface area (Å²) in [6.07, 6.45) is 4.60. The third kappa shape index (κ3) is 2.54. The van der Waals surface area contributed by atoms with Gasteiger partial charge in [-0.15, -0.1) is 0 Å². The maximum atomic E-state index is 10.6. The Bertz CT molecular complexity index is 280. The van der Waals surface area contributed by atoms with Crippen LogP contribution in [0.2, 0.25) is 0 Å². The number of rotatable bonds is 2. The highest BCUT2D eigenvalue weighted by atomic mass is 16.5. The molecule has 1 aromatic rings. The van der Waals surface area contributed by atoms with Gasteiger partial charge < -0.3 is 4.74 Å². The van der Waals surface area contributed by atoms with Crippen molar-refractivity contribution in [2.45, 2.75) is 0 Å². The van der Waals surface area contributed by atoms with Gasteiger partial charge in [0.2, 0.25) is 0 Å². The van der Waals surface area contributed by atoms with Gasteiger partial charge in [0, 0.05) is 12.3 Å². The zero-order valence-corrected chi connectivity index (χ0v) is 6.73. The fourth-order valence-electron chi connectivity index (χ4n) is 0.696. The van der Waals surface area contributed by atoms with Crippen molar-refractivity contribution in [1.29, 1.82) is 0 Å². The van der Waals surface area contributed by atoms with Crippen molar-refractivity contribution in [2.75, 3.05) is 7.11 Å². The standard InChI is InChI=1S/C9H9NO2/c1-12-9(11)6-5-8-4-2-3-7-10-8/h2-7H,1H3. The van der Waals surface area contributed by atoms with Crippen LogP contribution in [0.15, 0.2) is 30.5 Å². The molecule has 0 spiro atoms. The first-order chi connectivity index (χ1) is 5.83. The highest BCUT2D eigenvalue weighted by Gasteiger charge is 1.90. The zero-order valence-electron chi connectivity index (χ0n) is 6.73. The quantitative estimate of drug-likeness (QED) is 0.486. The van der Waals surface area contributed by atoms with E-state index in [1.807, 2.05) is 12.1 Å². The maximum Gasteiger partial charge on any atom is 0.330 e. The van der Waals surface area contributed by atoms with E-state index in [0.29, 0.717) is 0 Å². The monoisotopic (exact) mass is 163 g/mol. The fraction of sp³-hybridized carbons (Fsp3) is 0.111. The summed E-state index contributed by atoms with van der Waals surface area (Å²) in [5.74, 6) is -0.374. The van der Waals surface area contributed by atoms with E-state index < -0.39 is 0 Å². The molecular weight excluding hydrogens is 154 g/mol. The van der Waals surface area contributed by atoms with E-state index in [0.717, 1.165) is 5.69 Å². The number of aromatic nitrogens is 1. The predicted molar refractivity (Wildman–Crippen MR) is 45.3 cm³/mol. The molecule has 62 valence electrons. The van der Waals surface area contributed by atoms with Crippen LogP contribution in [-0.4, -0.2) is 18.1 Å². The summed E-state index contributed by atoms with van der Waals surface area (Å²) < 4.78 is 4.42. The summed E-state index contributed by atoms with van der Waals surface area (Å²) in [5.41, 5.74) is 0.739. The minimum absolute atomic E-state index is 0.374. The van der Waals surface area contributed by atoms with E-state index in [-0.39, 0.29) is 5.97 Å². The SMILES string of the molecule is COC(=O)C=Cc1ccccn1. The molecule has 0 bridgehead atoms. The Hall–Kier alpha value is -1.64. The van der Waals surface area contributed by atoms with Crippen molar-refractivity contribution in [1.82, 2.24) is 4.98 Å². The van der Waals surface area contributed by atoms with Gasteiger partial charge in [-0.1, -0.05) is 6.07 Å². The van der Waals surface area contributed by atoms with Crippen LogP contribution in [0.4, 0.5) is 0 Å². The highest BCUT2D eigenvalue weighted by molar-refractivity contribution is 5.86. The second-order valence-corrected chi connectivity index (χ2v) is 2.11. The summed E-state index contributed by atoms with van der Waals surface area (Å²) >= 11 is 0. The summed E-state index contributed by atoms with van der Waals surface area (Å²) in [4.78, 5) is 14.6.